The molecule has 0 fully saturated rings. The predicted molar refractivity (Wildman–Crippen MR) is 78.2 cm³/mol. The summed E-state index contributed by atoms with van der Waals surface area (Å²) in [5.74, 6) is 0.404. The number of non-ortho nitro benzene ring substituents is 1. The van der Waals surface area contributed by atoms with Gasteiger partial charge in [0.2, 0.25) is 0 Å². The van der Waals surface area contributed by atoms with Crippen molar-refractivity contribution in [2.45, 2.75) is 5.75 Å². The third-order valence-electron chi connectivity index (χ3n) is 2.65. The molecule has 6 nitrogen and oxygen atoms in total. The quantitative estimate of drug-likeness (QED) is 0.626. The fourth-order valence-corrected chi connectivity index (χ4v) is 2.57. The first-order valence-electron chi connectivity index (χ1n) is 6.03. The summed E-state index contributed by atoms with van der Waals surface area (Å²) in [5, 5.41) is 10.8. The molecule has 0 saturated heterocycles. The van der Waals surface area contributed by atoms with Gasteiger partial charge in [0, 0.05) is 17.9 Å². The van der Waals surface area contributed by atoms with Crippen molar-refractivity contribution in [1.82, 2.24) is 0 Å². The average molecular weight is 307 g/mol. The molecule has 2 aromatic carbocycles. The first-order valence-corrected chi connectivity index (χ1v) is 8.09. The van der Waals surface area contributed by atoms with Crippen LogP contribution in [0.15, 0.2) is 48.5 Å². The molecule has 110 valence electrons. The molecule has 21 heavy (non-hydrogen) atoms. The van der Waals surface area contributed by atoms with E-state index < -0.39 is 14.8 Å². The highest BCUT2D eigenvalue weighted by molar-refractivity contribution is 7.89. The number of benzene rings is 2. The first-order chi connectivity index (χ1) is 9.85. The maximum absolute atomic E-state index is 11.4. The molecular formula is C14H13NO5S. The number of sulfone groups is 1. The lowest BCUT2D eigenvalue weighted by Gasteiger charge is -2.10. The van der Waals surface area contributed by atoms with Gasteiger partial charge in [0.15, 0.2) is 9.84 Å². The molecule has 0 N–H and O–H groups in total. The van der Waals surface area contributed by atoms with E-state index in [1.807, 2.05) is 0 Å². The van der Waals surface area contributed by atoms with Crippen molar-refractivity contribution in [2.24, 2.45) is 0 Å². The smallest absolute Gasteiger partial charge is 0.273 e. The molecule has 2 aromatic rings. The van der Waals surface area contributed by atoms with Gasteiger partial charge in [0.25, 0.3) is 5.69 Å². The minimum atomic E-state index is -3.27. The summed E-state index contributed by atoms with van der Waals surface area (Å²) in [7, 11) is -3.27. The van der Waals surface area contributed by atoms with Crippen LogP contribution in [0.25, 0.3) is 0 Å². The van der Waals surface area contributed by atoms with Crippen LogP contribution < -0.4 is 4.74 Å². The molecule has 7 heteroatoms. The lowest BCUT2D eigenvalue weighted by molar-refractivity contribution is -0.384. The van der Waals surface area contributed by atoms with Crippen molar-refractivity contribution < 1.29 is 18.1 Å². The zero-order valence-electron chi connectivity index (χ0n) is 11.2. The van der Waals surface area contributed by atoms with E-state index in [9.17, 15) is 18.5 Å². The van der Waals surface area contributed by atoms with E-state index in [1.54, 1.807) is 30.3 Å². The van der Waals surface area contributed by atoms with Gasteiger partial charge in [-0.3, -0.25) is 10.1 Å². The van der Waals surface area contributed by atoms with Crippen LogP contribution in [0.1, 0.15) is 5.56 Å². The Balaban J connectivity index is 2.43. The molecule has 2 rings (SSSR count). The largest absolute Gasteiger partial charge is 0.457 e. The zero-order valence-corrected chi connectivity index (χ0v) is 12.0. The normalized spacial score (nSPS) is 11.1. The molecule has 0 aliphatic rings. The second-order valence-electron chi connectivity index (χ2n) is 4.53. The number of nitro benzene ring substituents is 1. The van der Waals surface area contributed by atoms with Crippen LogP contribution >= 0.6 is 0 Å². The second-order valence-corrected chi connectivity index (χ2v) is 6.67. The topological polar surface area (TPSA) is 86.5 Å². The number of hydrogen-bond acceptors (Lipinski definition) is 5. The number of ether oxygens (including phenoxy) is 1. The van der Waals surface area contributed by atoms with Crippen molar-refractivity contribution in [3.63, 3.8) is 0 Å². The molecule has 0 atom stereocenters. The lowest BCUT2D eigenvalue weighted by Crippen LogP contribution is -2.03. The van der Waals surface area contributed by atoms with Crippen molar-refractivity contribution >= 4 is 15.5 Å². The van der Waals surface area contributed by atoms with Crippen LogP contribution in [-0.2, 0) is 15.6 Å². The highest BCUT2D eigenvalue weighted by Crippen LogP contribution is 2.30. The summed E-state index contributed by atoms with van der Waals surface area (Å²) in [6, 6.07) is 12.6. The van der Waals surface area contributed by atoms with Gasteiger partial charge in [0.05, 0.1) is 16.7 Å². The summed E-state index contributed by atoms with van der Waals surface area (Å²) in [6.45, 7) is 0. The number of rotatable bonds is 5. The standard InChI is InChI=1S/C14H13NO5S/c1-21(18,19)10-11-7-8-12(15(16)17)9-14(11)20-13-5-3-2-4-6-13/h2-9H,10H2,1H3. The van der Waals surface area contributed by atoms with Crippen LogP contribution in [-0.4, -0.2) is 19.6 Å². The molecule has 0 aromatic heterocycles. The molecule has 0 radical (unpaired) electrons. The maximum Gasteiger partial charge on any atom is 0.273 e. The number of hydrogen-bond donors (Lipinski definition) is 0. The fraction of sp³-hybridized carbons (Fsp3) is 0.143. The van der Waals surface area contributed by atoms with Gasteiger partial charge in [-0.15, -0.1) is 0 Å². The number of nitro groups is 1. The van der Waals surface area contributed by atoms with Crippen LogP contribution in [0.4, 0.5) is 5.69 Å². The highest BCUT2D eigenvalue weighted by atomic mass is 32.2. The summed E-state index contributed by atoms with van der Waals surface area (Å²) in [4.78, 5) is 10.3. The number of para-hydroxylation sites is 1. The van der Waals surface area contributed by atoms with E-state index in [2.05, 4.69) is 0 Å². The summed E-state index contributed by atoms with van der Waals surface area (Å²) in [5.41, 5.74) is 0.227. The Morgan fingerprint density at radius 1 is 1.14 bits per heavy atom. The monoisotopic (exact) mass is 307 g/mol. The molecule has 0 aliphatic carbocycles. The predicted octanol–water partition coefficient (Wildman–Crippen LogP) is 2.93. The Kier molecular flexibility index (Phi) is 4.23. The molecule has 0 amide bonds. The lowest BCUT2D eigenvalue weighted by atomic mass is 10.2. The van der Waals surface area contributed by atoms with Gasteiger partial charge in [-0.05, 0) is 18.2 Å². The van der Waals surface area contributed by atoms with Gasteiger partial charge < -0.3 is 4.74 Å². The Bertz CT molecular complexity index is 756. The van der Waals surface area contributed by atoms with Crippen LogP contribution in [0.5, 0.6) is 11.5 Å². The van der Waals surface area contributed by atoms with Gasteiger partial charge in [0.1, 0.15) is 11.5 Å². The third-order valence-corrected chi connectivity index (χ3v) is 3.49. The minimum Gasteiger partial charge on any atom is -0.457 e. The van der Waals surface area contributed by atoms with Crippen molar-refractivity contribution in [3.8, 4) is 11.5 Å². The van der Waals surface area contributed by atoms with Crippen LogP contribution in [0.3, 0.4) is 0 Å². The average Bonchev–Trinajstić information content (AvgIpc) is 2.40. The molecule has 0 saturated carbocycles. The van der Waals surface area contributed by atoms with E-state index in [0.29, 0.717) is 11.3 Å². The Morgan fingerprint density at radius 2 is 1.81 bits per heavy atom. The first kappa shape index (κ1) is 15.0. The van der Waals surface area contributed by atoms with Gasteiger partial charge in [-0.2, -0.15) is 0 Å². The molecule has 0 spiro atoms. The van der Waals surface area contributed by atoms with E-state index in [-0.39, 0.29) is 17.2 Å². The summed E-state index contributed by atoms with van der Waals surface area (Å²) < 4.78 is 28.4. The molecule has 0 aliphatic heterocycles. The number of nitrogens with zero attached hydrogens (tertiary/aromatic N) is 1. The second kappa shape index (κ2) is 5.92. The third kappa shape index (κ3) is 4.28. The Hall–Kier alpha value is -2.41. The fourth-order valence-electron chi connectivity index (χ4n) is 1.77. The zero-order chi connectivity index (χ0) is 15.5. The van der Waals surface area contributed by atoms with E-state index in [4.69, 9.17) is 4.74 Å². The van der Waals surface area contributed by atoms with Crippen molar-refractivity contribution in [3.05, 3.63) is 64.2 Å². The molecule has 0 bridgehead atoms. The Labute approximate surface area is 122 Å². The van der Waals surface area contributed by atoms with E-state index in [1.165, 1.54) is 18.2 Å². The maximum atomic E-state index is 11.4. The molecule has 0 unspecified atom stereocenters. The summed E-state index contributed by atoms with van der Waals surface area (Å²) in [6.07, 6.45) is 1.10. The van der Waals surface area contributed by atoms with Crippen LogP contribution in [0.2, 0.25) is 0 Å². The van der Waals surface area contributed by atoms with Crippen molar-refractivity contribution in [1.29, 1.82) is 0 Å². The Morgan fingerprint density at radius 3 is 2.38 bits per heavy atom. The van der Waals surface area contributed by atoms with Gasteiger partial charge in [-0.1, -0.05) is 18.2 Å². The van der Waals surface area contributed by atoms with Gasteiger partial charge in [-0.25, -0.2) is 8.42 Å². The SMILES string of the molecule is CS(=O)(=O)Cc1ccc([N+](=O)[O-])cc1Oc1ccccc1. The summed E-state index contributed by atoms with van der Waals surface area (Å²) >= 11 is 0. The van der Waals surface area contributed by atoms with Gasteiger partial charge >= 0.3 is 0 Å². The highest BCUT2D eigenvalue weighted by Gasteiger charge is 2.16. The minimum absolute atomic E-state index is 0.154. The molecule has 0 heterocycles. The van der Waals surface area contributed by atoms with Crippen molar-refractivity contribution in [2.75, 3.05) is 6.26 Å². The van der Waals surface area contributed by atoms with Crippen LogP contribution in [0, 0.1) is 10.1 Å². The van der Waals surface area contributed by atoms with E-state index >= 15 is 0 Å². The van der Waals surface area contributed by atoms with E-state index in [0.717, 1.165) is 6.26 Å². The molecular weight excluding hydrogens is 294 g/mol.